The summed E-state index contributed by atoms with van der Waals surface area (Å²) >= 11 is 0. The number of methoxy groups -OCH3 is 1. The monoisotopic (exact) mass is 461 g/mol. The van der Waals surface area contributed by atoms with Gasteiger partial charge in [0.05, 0.1) is 18.4 Å². The van der Waals surface area contributed by atoms with Crippen LogP contribution in [0.2, 0.25) is 0 Å². The second-order valence-corrected chi connectivity index (χ2v) is 7.63. The predicted molar refractivity (Wildman–Crippen MR) is 122 cm³/mol. The molecule has 2 heterocycles. The van der Waals surface area contributed by atoms with E-state index in [0.717, 1.165) is 34.1 Å². The van der Waals surface area contributed by atoms with E-state index in [1.54, 1.807) is 30.3 Å². The van der Waals surface area contributed by atoms with Crippen molar-refractivity contribution in [1.29, 1.82) is 0 Å². The number of esters is 1. The van der Waals surface area contributed by atoms with E-state index in [0.29, 0.717) is 11.1 Å². The van der Waals surface area contributed by atoms with Gasteiger partial charge in [0.15, 0.2) is 0 Å². The highest BCUT2D eigenvalue weighted by atomic mass is 19.1. The molecule has 34 heavy (non-hydrogen) atoms. The van der Waals surface area contributed by atoms with Crippen LogP contribution in [0.1, 0.15) is 27.3 Å². The lowest BCUT2D eigenvalue weighted by Crippen LogP contribution is -2.54. The molecule has 0 unspecified atom stereocenters. The minimum atomic E-state index is -0.907. The van der Waals surface area contributed by atoms with Crippen LogP contribution in [0.5, 0.6) is 0 Å². The van der Waals surface area contributed by atoms with Gasteiger partial charge in [0.25, 0.3) is 11.8 Å². The standard InChI is InChI=1S/C25H20FN3O5/c1-14-12-17(15(2)28(14)19-8-4-16(5-9-19)24(32)34-3)13-21-22(30)27-25(33)29(23(21)31)20-10-6-18(26)7-11-20/h4-13H,1-3H3,(H,27,30,33)/b21-13+. The summed E-state index contributed by atoms with van der Waals surface area (Å²) in [5.74, 6) is -2.60. The third kappa shape index (κ3) is 3.99. The summed E-state index contributed by atoms with van der Waals surface area (Å²) in [6.45, 7) is 3.68. The number of ether oxygens (including phenoxy) is 1. The molecule has 1 saturated heterocycles. The number of carbonyl (C=O) groups excluding carboxylic acids is 4. The van der Waals surface area contributed by atoms with Crippen LogP contribution in [0.3, 0.4) is 0 Å². The molecule has 0 spiro atoms. The van der Waals surface area contributed by atoms with Gasteiger partial charge in [0.1, 0.15) is 11.4 Å². The fourth-order valence-corrected chi connectivity index (χ4v) is 3.83. The van der Waals surface area contributed by atoms with E-state index in [-0.39, 0.29) is 11.3 Å². The summed E-state index contributed by atoms with van der Waals surface area (Å²) < 4.78 is 19.9. The smallest absolute Gasteiger partial charge is 0.337 e. The number of anilines is 1. The molecule has 1 aromatic heterocycles. The quantitative estimate of drug-likeness (QED) is 0.363. The Kier molecular flexibility index (Phi) is 5.85. The SMILES string of the molecule is COC(=O)c1ccc(-n2c(C)cc(/C=C3\C(=O)NC(=O)N(c4ccc(F)cc4)C3=O)c2C)cc1. The Balaban J connectivity index is 1.71. The lowest BCUT2D eigenvalue weighted by molar-refractivity contribution is -0.122. The number of rotatable bonds is 4. The van der Waals surface area contributed by atoms with Gasteiger partial charge >= 0.3 is 12.0 Å². The van der Waals surface area contributed by atoms with Gasteiger partial charge in [-0.3, -0.25) is 14.9 Å². The molecule has 3 aromatic rings. The first-order chi connectivity index (χ1) is 16.2. The molecule has 0 radical (unpaired) electrons. The van der Waals surface area contributed by atoms with E-state index in [1.165, 1.54) is 25.3 Å². The largest absolute Gasteiger partial charge is 0.465 e. The molecular formula is C25H20FN3O5. The van der Waals surface area contributed by atoms with Crippen molar-refractivity contribution in [3.8, 4) is 5.69 Å². The zero-order valence-corrected chi connectivity index (χ0v) is 18.6. The Morgan fingerprint density at radius 2 is 1.59 bits per heavy atom. The number of halogens is 1. The number of nitrogens with zero attached hydrogens (tertiary/aromatic N) is 2. The topological polar surface area (TPSA) is 97.7 Å². The number of carbonyl (C=O) groups is 4. The summed E-state index contributed by atoms with van der Waals surface area (Å²) in [5, 5.41) is 2.15. The van der Waals surface area contributed by atoms with E-state index in [2.05, 4.69) is 5.32 Å². The minimum absolute atomic E-state index is 0.137. The summed E-state index contributed by atoms with van der Waals surface area (Å²) in [5.41, 5.74) is 3.25. The average Bonchev–Trinajstić information content (AvgIpc) is 3.10. The molecule has 0 saturated carbocycles. The molecule has 1 fully saturated rings. The van der Waals surface area contributed by atoms with Crippen molar-refractivity contribution >= 4 is 35.6 Å². The van der Waals surface area contributed by atoms with Crippen LogP contribution in [0, 0.1) is 19.7 Å². The second-order valence-electron chi connectivity index (χ2n) is 7.63. The highest BCUT2D eigenvalue weighted by Gasteiger charge is 2.37. The Morgan fingerprint density at radius 3 is 2.21 bits per heavy atom. The third-order valence-corrected chi connectivity index (χ3v) is 5.50. The Morgan fingerprint density at radius 1 is 0.971 bits per heavy atom. The van der Waals surface area contributed by atoms with E-state index in [9.17, 15) is 23.6 Å². The number of aromatic nitrogens is 1. The molecule has 0 atom stereocenters. The number of hydrogen-bond donors (Lipinski definition) is 1. The summed E-state index contributed by atoms with van der Waals surface area (Å²) in [6.07, 6.45) is 1.42. The van der Waals surface area contributed by atoms with Gasteiger partial charge < -0.3 is 9.30 Å². The first-order valence-corrected chi connectivity index (χ1v) is 10.3. The normalized spacial score (nSPS) is 15.0. The van der Waals surface area contributed by atoms with Gasteiger partial charge in [-0.15, -0.1) is 0 Å². The number of aryl methyl sites for hydroxylation is 1. The highest BCUT2D eigenvalue weighted by molar-refractivity contribution is 6.39. The molecule has 4 rings (SSSR count). The number of urea groups is 1. The van der Waals surface area contributed by atoms with Crippen molar-refractivity contribution in [3.63, 3.8) is 0 Å². The molecule has 1 aliphatic heterocycles. The lowest BCUT2D eigenvalue weighted by atomic mass is 10.1. The van der Waals surface area contributed by atoms with Gasteiger partial charge in [0, 0.05) is 17.1 Å². The molecular weight excluding hydrogens is 441 g/mol. The fraction of sp³-hybridized carbons (Fsp3) is 0.120. The van der Waals surface area contributed by atoms with Gasteiger partial charge in [-0.2, -0.15) is 0 Å². The molecule has 0 aliphatic carbocycles. The van der Waals surface area contributed by atoms with Crippen LogP contribution in [-0.2, 0) is 14.3 Å². The van der Waals surface area contributed by atoms with Gasteiger partial charge in [-0.1, -0.05) is 0 Å². The van der Waals surface area contributed by atoms with E-state index in [1.807, 2.05) is 18.4 Å². The number of hydrogen-bond acceptors (Lipinski definition) is 5. The third-order valence-electron chi connectivity index (χ3n) is 5.50. The highest BCUT2D eigenvalue weighted by Crippen LogP contribution is 2.26. The first kappa shape index (κ1) is 22.7. The number of nitrogens with one attached hydrogen (secondary N) is 1. The molecule has 1 aliphatic rings. The number of imide groups is 2. The second kappa shape index (κ2) is 8.78. The van der Waals surface area contributed by atoms with Gasteiger partial charge in [-0.25, -0.2) is 18.9 Å². The van der Waals surface area contributed by atoms with Crippen molar-refractivity contribution < 1.29 is 28.3 Å². The predicted octanol–water partition coefficient (Wildman–Crippen LogP) is 3.69. The zero-order valence-electron chi connectivity index (χ0n) is 18.6. The minimum Gasteiger partial charge on any atom is -0.465 e. The molecule has 172 valence electrons. The maximum absolute atomic E-state index is 13.3. The maximum atomic E-state index is 13.3. The van der Waals surface area contributed by atoms with Crippen molar-refractivity contribution in [2.75, 3.05) is 12.0 Å². The van der Waals surface area contributed by atoms with Gasteiger partial charge in [-0.05, 0) is 80.1 Å². The molecule has 8 nitrogen and oxygen atoms in total. The van der Waals surface area contributed by atoms with Crippen LogP contribution in [0.15, 0.2) is 60.2 Å². The number of benzene rings is 2. The lowest BCUT2D eigenvalue weighted by Gasteiger charge is -2.26. The number of amides is 4. The van der Waals surface area contributed by atoms with Crippen LogP contribution in [0.25, 0.3) is 11.8 Å². The zero-order chi connectivity index (χ0) is 24.6. The van der Waals surface area contributed by atoms with Crippen LogP contribution in [0.4, 0.5) is 14.9 Å². The average molecular weight is 461 g/mol. The van der Waals surface area contributed by atoms with Crippen LogP contribution in [-0.4, -0.2) is 35.5 Å². The first-order valence-electron chi connectivity index (χ1n) is 10.3. The summed E-state index contributed by atoms with van der Waals surface area (Å²) in [7, 11) is 1.31. The Bertz CT molecular complexity index is 1350. The molecule has 2 aromatic carbocycles. The van der Waals surface area contributed by atoms with Gasteiger partial charge in [0.2, 0.25) is 0 Å². The van der Waals surface area contributed by atoms with Crippen molar-refractivity contribution in [3.05, 3.63) is 88.5 Å². The van der Waals surface area contributed by atoms with E-state index >= 15 is 0 Å². The molecule has 0 bridgehead atoms. The van der Waals surface area contributed by atoms with Crippen molar-refractivity contribution in [2.24, 2.45) is 0 Å². The molecule has 4 amide bonds. The Labute approximate surface area is 194 Å². The number of barbiturate groups is 1. The maximum Gasteiger partial charge on any atom is 0.337 e. The van der Waals surface area contributed by atoms with Crippen molar-refractivity contribution in [1.82, 2.24) is 9.88 Å². The summed E-state index contributed by atoms with van der Waals surface area (Å²) in [6, 6.07) is 12.5. The van der Waals surface area contributed by atoms with E-state index in [4.69, 9.17) is 4.74 Å². The molecule has 1 N–H and O–H groups in total. The van der Waals surface area contributed by atoms with Crippen LogP contribution >= 0.6 is 0 Å². The van der Waals surface area contributed by atoms with Crippen LogP contribution < -0.4 is 10.2 Å². The fourth-order valence-electron chi connectivity index (χ4n) is 3.83. The molecule has 9 heteroatoms. The summed E-state index contributed by atoms with van der Waals surface area (Å²) in [4.78, 5) is 50.4. The Hall–Kier alpha value is -4.53. The van der Waals surface area contributed by atoms with E-state index < -0.39 is 29.6 Å². The van der Waals surface area contributed by atoms with Crippen molar-refractivity contribution in [2.45, 2.75) is 13.8 Å².